The minimum Gasteiger partial charge on any atom is -0.490 e. The zero-order valence-electron chi connectivity index (χ0n) is 13.9. The molecule has 0 fully saturated rings. The second kappa shape index (κ2) is 7.94. The number of hydrogen-bond acceptors (Lipinski definition) is 4. The average Bonchev–Trinajstić information content (AvgIpc) is 2.52. The van der Waals surface area contributed by atoms with Gasteiger partial charge < -0.3 is 14.7 Å². The fraction of sp³-hybridized carbons (Fsp3) is 0.389. The van der Waals surface area contributed by atoms with E-state index < -0.39 is 6.10 Å². The lowest BCUT2D eigenvalue weighted by Gasteiger charge is -2.22. The van der Waals surface area contributed by atoms with Crippen molar-refractivity contribution >= 4 is 16.7 Å². The van der Waals surface area contributed by atoms with Gasteiger partial charge in [0.15, 0.2) is 0 Å². The van der Waals surface area contributed by atoms with Gasteiger partial charge in [-0.25, -0.2) is 0 Å². The van der Waals surface area contributed by atoms with Crippen molar-refractivity contribution in [2.45, 2.75) is 6.10 Å². The Hall–Kier alpha value is -2.11. The van der Waals surface area contributed by atoms with Crippen molar-refractivity contribution in [1.82, 2.24) is 9.80 Å². The number of likely N-dealkylation sites (N-methyl/N-ethyl adjacent to an activating group) is 2. The largest absolute Gasteiger partial charge is 0.490 e. The predicted octanol–water partition coefficient (Wildman–Crippen LogP) is 1.60. The molecule has 0 radical (unpaired) electrons. The fourth-order valence-electron chi connectivity index (χ4n) is 2.36. The summed E-state index contributed by atoms with van der Waals surface area (Å²) in [5.74, 6) is 0.767. The summed E-state index contributed by atoms with van der Waals surface area (Å²) in [7, 11) is 5.25. The third-order valence-corrected chi connectivity index (χ3v) is 3.61. The molecule has 1 atom stereocenters. The Balaban J connectivity index is 1.88. The van der Waals surface area contributed by atoms with E-state index in [-0.39, 0.29) is 19.1 Å². The summed E-state index contributed by atoms with van der Waals surface area (Å²) < 4.78 is 5.76. The Bertz CT molecular complexity index is 652. The summed E-state index contributed by atoms with van der Waals surface area (Å²) in [6.07, 6.45) is -0.658. The van der Waals surface area contributed by atoms with Gasteiger partial charge in [0, 0.05) is 26.0 Å². The second-order valence-corrected chi connectivity index (χ2v) is 5.93. The molecule has 1 N–H and O–H groups in total. The van der Waals surface area contributed by atoms with E-state index in [9.17, 15) is 9.90 Å². The average molecular weight is 316 g/mol. The maximum atomic E-state index is 11.6. The van der Waals surface area contributed by atoms with Crippen LogP contribution in [0.5, 0.6) is 5.75 Å². The van der Waals surface area contributed by atoms with Crippen molar-refractivity contribution in [3.63, 3.8) is 0 Å². The summed E-state index contributed by atoms with van der Waals surface area (Å²) in [6, 6.07) is 13.8. The molecule has 0 saturated heterocycles. The van der Waals surface area contributed by atoms with Crippen LogP contribution >= 0.6 is 0 Å². The van der Waals surface area contributed by atoms with E-state index >= 15 is 0 Å². The minimum absolute atomic E-state index is 0.00896. The lowest BCUT2D eigenvalue weighted by atomic mass is 10.1. The smallest absolute Gasteiger partial charge is 0.236 e. The van der Waals surface area contributed by atoms with E-state index in [0.29, 0.717) is 6.54 Å². The standard InChI is InChI=1S/C18H24N2O3/c1-19(2)18(22)12-20(3)11-15(21)13-23-17-10-6-8-14-7-4-5-9-16(14)17/h4-10,15,21H,11-13H2,1-3H3. The molecule has 2 aromatic rings. The lowest BCUT2D eigenvalue weighted by molar-refractivity contribution is -0.129. The van der Waals surface area contributed by atoms with Crippen LogP contribution in [0.25, 0.3) is 10.8 Å². The number of fused-ring (bicyclic) bond motifs is 1. The van der Waals surface area contributed by atoms with Gasteiger partial charge >= 0.3 is 0 Å². The molecule has 5 heteroatoms. The van der Waals surface area contributed by atoms with Gasteiger partial charge in [0.1, 0.15) is 18.5 Å². The van der Waals surface area contributed by atoms with Crippen LogP contribution in [0.4, 0.5) is 0 Å². The first-order valence-corrected chi connectivity index (χ1v) is 7.64. The van der Waals surface area contributed by atoms with Crippen molar-refractivity contribution in [2.75, 3.05) is 40.8 Å². The first kappa shape index (κ1) is 17.2. The minimum atomic E-state index is -0.658. The van der Waals surface area contributed by atoms with E-state index in [0.717, 1.165) is 16.5 Å². The Morgan fingerprint density at radius 1 is 1.13 bits per heavy atom. The third kappa shape index (κ3) is 4.94. The molecule has 0 aliphatic carbocycles. The molecule has 0 saturated carbocycles. The highest BCUT2D eigenvalue weighted by Crippen LogP contribution is 2.25. The van der Waals surface area contributed by atoms with E-state index in [1.807, 2.05) is 49.5 Å². The van der Waals surface area contributed by atoms with Gasteiger partial charge in [-0.3, -0.25) is 9.69 Å². The van der Waals surface area contributed by atoms with Gasteiger partial charge in [-0.15, -0.1) is 0 Å². The van der Waals surface area contributed by atoms with E-state index in [4.69, 9.17) is 4.74 Å². The number of ether oxygens (including phenoxy) is 1. The van der Waals surface area contributed by atoms with Crippen LogP contribution < -0.4 is 4.74 Å². The number of hydrogen-bond donors (Lipinski definition) is 1. The number of aliphatic hydroxyl groups excluding tert-OH is 1. The van der Waals surface area contributed by atoms with Crippen molar-refractivity contribution in [3.05, 3.63) is 42.5 Å². The number of carbonyl (C=O) groups excluding carboxylic acids is 1. The molecule has 1 unspecified atom stereocenters. The van der Waals surface area contributed by atoms with Crippen molar-refractivity contribution in [1.29, 1.82) is 0 Å². The number of nitrogens with zero attached hydrogens (tertiary/aromatic N) is 2. The molecule has 0 bridgehead atoms. The van der Waals surface area contributed by atoms with Gasteiger partial charge in [-0.1, -0.05) is 36.4 Å². The van der Waals surface area contributed by atoms with Gasteiger partial charge in [0.25, 0.3) is 0 Å². The molecule has 2 aromatic carbocycles. The van der Waals surface area contributed by atoms with Crippen LogP contribution in [-0.4, -0.2) is 67.8 Å². The first-order chi connectivity index (χ1) is 11.0. The highest BCUT2D eigenvalue weighted by atomic mass is 16.5. The highest BCUT2D eigenvalue weighted by molar-refractivity contribution is 5.88. The van der Waals surface area contributed by atoms with Crippen LogP contribution in [0.1, 0.15) is 0 Å². The Labute approximate surface area is 137 Å². The zero-order chi connectivity index (χ0) is 16.8. The van der Waals surface area contributed by atoms with E-state index in [1.165, 1.54) is 4.90 Å². The van der Waals surface area contributed by atoms with E-state index in [2.05, 4.69) is 0 Å². The summed E-state index contributed by atoms with van der Waals surface area (Å²) in [5.41, 5.74) is 0. The van der Waals surface area contributed by atoms with Gasteiger partial charge in [0.05, 0.1) is 6.54 Å². The Morgan fingerprint density at radius 3 is 2.57 bits per heavy atom. The monoisotopic (exact) mass is 316 g/mol. The molecule has 5 nitrogen and oxygen atoms in total. The summed E-state index contributed by atoms with van der Waals surface area (Å²) in [5, 5.41) is 12.2. The van der Waals surface area contributed by atoms with Gasteiger partial charge in [-0.05, 0) is 18.5 Å². The molecule has 124 valence electrons. The van der Waals surface area contributed by atoms with Gasteiger partial charge in [0.2, 0.25) is 5.91 Å². The Morgan fingerprint density at radius 2 is 1.83 bits per heavy atom. The summed E-state index contributed by atoms with van der Waals surface area (Å²) >= 11 is 0. The fourth-order valence-corrected chi connectivity index (χ4v) is 2.36. The number of benzene rings is 2. The van der Waals surface area contributed by atoms with Crippen LogP contribution in [0.2, 0.25) is 0 Å². The van der Waals surface area contributed by atoms with Crippen LogP contribution in [-0.2, 0) is 4.79 Å². The van der Waals surface area contributed by atoms with Crippen LogP contribution in [0.3, 0.4) is 0 Å². The molecule has 1 amide bonds. The second-order valence-electron chi connectivity index (χ2n) is 5.93. The van der Waals surface area contributed by atoms with E-state index in [1.54, 1.807) is 19.0 Å². The number of carbonyl (C=O) groups is 1. The molecule has 23 heavy (non-hydrogen) atoms. The van der Waals surface area contributed by atoms with Gasteiger partial charge in [-0.2, -0.15) is 0 Å². The molecule has 0 spiro atoms. The summed E-state index contributed by atoms with van der Waals surface area (Å²) in [4.78, 5) is 15.0. The lowest BCUT2D eigenvalue weighted by Crippen LogP contribution is -2.39. The SMILES string of the molecule is CN(CC(=O)N(C)C)CC(O)COc1cccc2ccccc12. The summed E-state index contributed by atoms with van der Waals surface area (Å²) in [6.45, 7) is 0.844. The number of aliphatic hydroxyl groups is 1. The molecule has 0 aliphatic heterocycles. The van der Waals surface area contributed by atoms with Crippen molar-refractivity contribution < 1.29 is 14.6 Å². The van der Waals surface area contributed by atoms with Crippen molar-refractivity contribution in [2.24, 2.45) is 0 Å². The van der Waals surface area contributed by atoms with Crippen LogP contribution in [0.15, 0.2) is 42.5 Å². The van der Waals surface area contributed by atoms with Crippen molar-refractivity contribution in [3.8, 4) is 5.75 Å². The number of rotatable bonds is 7. The highest BCUT2D eigenvalue weighted by Gasteiger charge is 2.13. The quantitative estimate of drug-likeness (QED) is 0.843. The third-order valence-electron chi connectivity index (χ3n) is 3.61. The molecular formula is C18H24N2O3. The molecule has 0 heterocycles. The maximum absolute atomic E-state index is 11.6. The normalized spacial score (nSPS) is 12.4. The molecule has 0 aromatic heterocycles. The molecular weight excluding hydrogens is 292 g/mol. The van der Waals surface area contributed by atoms with Crippen LogP contribution in [0, 0.1) is 0 Å². The Kier molecular flexibility index (Phi) is 5.96. The number of amides is 1. The first-order valence-electron chi connectivity index (χ1n) is 7.64. The molecule has 0 aliphatic rings. The zero-order valence-corrected chi connectivity index (χ0v) is 13.9. The molecule has 2 rings (SSSR count). The maximum Gasteiger partial charge on any atom is 0.236 e. The predicted molar refractivity (Wildman–Crippen MR) is 91.6 cm³/mol. The topological polar surface area (TPSA) is 53.0 Å².